The lowest BCUT2D eigenvalue weighted by Gasteiger charge is -2.08. The van der Waals surface area contributed by atoms with Gasteiger partial charge in [-0.1, -0.05) is 44.2 Å². The van der Waals surface area contributed by atoms with Crippen LogP contribution in [0.4, 0.5) is 5.69 Å². The van der Waals surface area contributed by atoms with E-state index in [0.717, 1.165) is 9.35 Å². The topological polar surface area (TPSA) is 60.7 Å². The highest BCUT2D eigenvalue weighted by Crippen LogP contribution is 2.27. The van der Waals surface area contributed by atoms with Crippen molar-refractivity contribution in [1.29, 1.82) is 0 Å². The molecule has 24 heavy (non-hydrogen) atoms. The van der Waals surface area contributed by atoms with Crippen molar-refractivity contribution in [2.75, 3.05) is 0 Å². The van der Waals surface area contributed by atoms with E-state index in [4.69, 9.17) is 4.74 Å². The summed E-state index contributed by atoms with van der Waals surface area (Å²) in [5.74, 6) is -0.227. The third-order valence-corrected chi connectivity index (χ3v) is 5.12. The summed E-state index contributed by atoms with van der Waals surface area (Å²) in [4.78, 5) is 30.1. The molecule has 0 aliphatic heterocycles. The number of ether oxygens (including phenoxy) is 1. The first-order valence-electron chi connectivity index (χ1n) is 7.79. The molecule has 0 bridgehead atoms. The van der Waals surface area contributed by atoms with E-state index in [1.54, 1.807) is 13.8 Å². The highest BCUT2D eigenvalue weighted by Gasteiger charge is 2.20. The second-order valence-electron chi connectivity index (χ2n) is 4.94. The summed E-state index contributed by atoms with van der Waals surface area (Å²) >= 11 is 4.82. The maximum atomic E-state index is 12.4. The smallest absolute Gasteiger partial charge is 0.312 e. The summed E-state index contributed by atoms with van der Waals surface area (Å²) in [6.45, 7) is 5.45. The summed E-state index contributed by atoms with van der Waals surface area (Å²) in [5.41, 5.74) is 0.715. The Labute approximate surface area is 153 Å². The van der Waals surface area contributed by atoms with Gasteiger partial charge in [0.2, 0.25) is 11.8 Å². The van der Waals surface area contributed by atoms with Gasteiger partial charge < -0.3 is 4.74 Å². The van der Waals surface area contributed by atoms with Gasteiger partial charge in [-0.25, -0.2) is 9.56 Å². The first-order valence-corrected chi connectivity index (χ1v) is 9.40. The molecule has 128 valence electrons. The van der Waals surface area contributed by atoms with Crippen molar-refractivity contribution in [3.63, 3.8) is 0 Å². The molecule has 5 nitrogen and oxygen atoms in total. The Morgan fingerprint density at radius 2 is 1.92 bits per heavy atom. The van der Waals surface area contributed by atoms with Crippen LogP contribution in [0, 0.1) is 0 Å². The maximum absolute atomic E-state index is 12.4. The minimum absolute atomic E-state index is 0.157. The third kappa shape index (κ3) is 4.02. The number of rotatable bonds is 5. The van der Waals surface area contributed by atoms with Crippen molar-refractivity contribution in [3.05, 3.63) is 38.4 Å². The summed E-state index contributed by atoms with van der Waals surface area (Å²) in [6, 6.07) is 7.52. The number of aromatic nitrogens is 1. The van der Waals surface area contributed by atoms with Gasteiger partial charge in [0.1, 0.15) is 0 Å². The Bertz CT molecular complexity index is 823. The monoisotopic (exact) mass is 410 g/mol. The summed E-state index contributed by atoms with van der Waals surface area (Å²) in [7, 11) is 0. The Morgan fingerprint density at radius 3 is 2.50 bits per heavy atom. The van der Waals surface area contributed by atoms with E-state index < -0.39 is 0 Å². The van der Waals surface area contributed by atoms with Crippen molar-refractivity contribution in [2.24, 2.45) is 4.99 Å². The molecule has 0 saturated heterocycles. The van der Waals surface area contributed by atoms with Crippen LogP contribution in [0.3, 0.4) is 0 Å². The number of nitrogens with zero attached hydrogens (tertiary/aromatic N) is 2. The van der Waals surface area contributed by atoms with Crippen molar-refractivity contribution in [1.82, 2.24) is 4.57 Å². The first-order chi connectivity index (χ1) is 11.5. The molecule has 2 aromatic rings. The van der Waals surface area contributed by atoms with Crippen molar-refractivity contribution >= 4 is 44.8 Å². The highest BCUT2D eigenvalue weighted by atomic mass is 79.9. The number of halogens is 1. The van der Waals surface area contributed by atoms with E-state index in [1.807, 2.05) is 31.2 Å². The molecular weight excluding hydrogens is 392 g/mol. The van der Waals surface area contributed by atoms with Gasteiger partial charge >= 0.3 is 5.97 Å². The Morgan fingerprint density at radius 1 is 1.21 bits per heavy atom. The molecule has 0 fully saturated rings. The lowest BCUT2D eigenvalue weighted by Crippen LogP contribution is -2.24. The Balaban J connectivity index is 2.69. The van der Waals surface area contributed by atoms with Gasteiger partial charge in [-0.2, -0.15) is 0 Å². The fourth-order valence-electron chi connectivity index (χ4n) is 2.01. The van der Waals surface area contributed by atoms with Crippen LogP contribution in [0.15, 0.2) is 33.7 Å². The van der Waals surface area contributed by atoms with Crippen LogP contribution in [0.2, 0.25) is 0 Å². The van der Waals surface area contributed by atoms with Crippen molar-refractivity contribution in [3.8, 4) is 5.88 Å². The minimum atomic E-state index is -0.368. The number of hydrogen-bond acceptors (Lipinski definition) is 5. The standard InChI is InChI=1S/C17H19BrN2O3S/c1-4-13-16(23-15(22)6-3)20(14(21)5-2)17(24-13)19-12-10-8-7-9-11(12)18/h7-10H,4-6H2,1-3H3. The quantitative estimate of drug-likeness (QED) is 0.682. The summed E-state index contributed by atoms with van der Waals surface area (Å²) in [5, 5.41) is 0. The molecule has 1 aromatic heterocycles. The molecular formula is C17H19BrN2O3S. The molecule has 0 N–H and O–H groups in total. The van der Waals surface area contributed by atoms with Gasteiger partial charge in [-0.3, -0.25) is 9.59 Å². The van der Waals surface area contributed by atoms with Crippen LogP contribution in [-0.2, 0) is 11.2 Å². The van der Waals surface area contributed by atoms with E-state index in [-0.39, 0.29) is 18.3 Å². The van der Waals surface area contributed by atoms with Gasteiger partial charge in [0.25, 0.3) is 0 Å². The molecule has 1 heterocycles. The predicted molar refractivity (Wildman–Crippen MR) is 97.9 cm³/mol. The largest absolute Gasteiger partial charge is 0.408 e. The molecule has 0 atom stereocenters. The molecule has 0 unspecified atom stereocenters. The second kappa shape index (κ2) is 8.39. The van der Waals surface area contributed by atoms with Gasteiger partial charge in [0, 0.05) is 17.3 Å². The molecule has 0 saturated carbocycles. The normalized spacial score (nSPS) is 11.6. The third-order valence-electron chi connectivity index (χ3n) is 3.29. The lowest BCUT2D eigenvalue weighted by atomic mass is 10.3. The van der Waals surface area contributed by atoms with E-state index in [0.29, 0.717) is 29.2 Å². The number of aryl methyl sites for hydroxylation is 1. The van der Waals surface area contributed by atoms with Crippen LogP contribution in [0.1, 0.15) is 43.3 Å². The van der Waals surface area contributed by atoms with E-state index in [2.05, 4.69) is 20.9 Å². The zero-order valence-electron chi connectivity index (χ0n) is 13.8. The molecule has 0 aliphatic rings. The average Bonchev–Trinajstić information content (AvgIpc) is 2.93. The van der Waals surface area contributed by atoms with Crippen LogP contribution in [-0.4, -0.2) is 16.4 Å². The molecule has 0 radical (unpaired) electrons. The van der Waals surface area contributed by atoms with Crippen molar-refractivity contribution in [2.45, 2.75) is 40.0 Å². The van der Waals surface area contributed by atoms with E-state index in [1.165, 1.54) is 15.9 Å². The molecule has 2 rings (SSSR count). The average molecular weight is 411 g/mol. The zero-order chi connectivity index (χ0) is 17.7. The van der Waals surface area contributed by atoms with Crippen LogP contribution in [0.25, 0.3) is 0 Å². The Hall–Kier alpha value is -1.73. The van der Waals surface area contributed by atoms with Crippen molar-refractivity contribution < 1.29 is 14.3 Å². The Kier molecular flexibility index (Phi) is 6.51. The fraction of sp³-hybridized carbons (Fsp3) is 0.353. The molecule has 0 spiro atoms. The molecule has 0 amide bonds. The van der Waals surface area contributed by atoms with Gasteiger partial charge in [-0.15, -0.1) is 0 Å². The number of esters is 1. The van der Waals surface area contributed by atoms with Gasteiger partial charge in [0.05, 0.1) is 10.6 Å². The van der Waals surface area contributed by atoms with Crippen LogP contribution in [0.5, 0.6) is 5.88 Å². The van der Waals surface area contributed by atoms with Gasteiger partial charge in [0.15, 0.2) is 4.80 Å². The molecule has 1 aromatic carbocycles. The maximum Gasteiger partial charge on any atom is 0.312 e. The number of para-hydroxylation sites is 1. The molecule has 7 heteroatoms. The first kappa shape index (κ1) is 18.6. The predicted octanol–water partition coefficient (Wildman–Crippen LogP) is 4.47. The van der Waals surface area contributed by atoms with Crippen LogP contribution < -0.4 is 9.54 Å². The summed E-state index contributed by atoms with van der Waals surface area (Å²) < 4.78 is 7.68. The van der Waals surface area contributed by atoms with Crippen LogP contribution >= 0.6 is 27.3 Å². The number of carbonyl (C=O) groups excluding carboxylic acids is 2. The number of hydrogen-bond donors (Lipinski definition) is 0. The lowest BCUT2D eigenvalue weighted by molar-refractivity contribution is -0.134. The van der Waals surface area contributed by atoms with E-state index >= 15 is 0 Å². The number of carbonyl (C=O) groups is 2. The fourth-order valence-corrected chi connectivity index (χ4v) is 3.39. The van der Waals surface area contributed by atoms with Gasteiger partial charge in [-0.05, 0) is 34.5 Å². The number of benzene rings is 1. The molecule has 0 aliphatic carbocycles. The summed E-state index contributed by atoms with van der Waals surface area (Å²) in [6.07, 6.45) is 1.19. The second-order valence-corrected chi connectivity index (χ2v) is 6.86. The SMILES string of the molecule is CCC(=O)Oc1c(CC)sc(=Nc2ccccc2Br)n1C(=O)CC. The highest BCUT2D eigenvalue weighted by molar-refractivity contribution is 9.10. The zero-order valence-corrected chi connectivity index (χ0v) is 16.2. The van der Waals surface area contributed by atoms with E-state index in [9.17, 15) is 9.59 Å². The number of thiazole rings is 1. The minimum Gasteiger partial charge on any atom is -0.408 e.